The minimum atomic E-state index is -3.07. The molecule has 6 nitrogen and oxygen atoms in total. The lowest BCUT2D eigenvalue weighted by molar-refractivity contribution is 0.0669. The first-order valence-corrected chi connectivity index (χ1v) is 12.8. The van der Waals surface area contributed by atoms with Crippen LogP contribution in [0.15, 0.2) is 35.7 Å². The maximum atomic E-state index is 13.3. The number of hydrogen-bond donors (Lipinski definition) is 0. The molecule has 29 heavy (non-hydrogen) atoms. The van der Waals surface area contributed by atoms with Crippen molar-refractivity contribution in [3.05, 3.63) is 52.0 Å². The highest BCUT2D eigenvalue weighted by molar-refractivity contribution is 7.91. The molecule has 0 aliphatic carbocycles. The van der Waals surface area contributed by atoms with Crippen LogP contribution in [0, 0.1) is 0 Å². The summed E-state index contributed by atoms with van der Waals surface area (Å²) in [6, 6.07) is 9.78. The number of sulfone groups is 1. The maximum absolute atomic E-state index is 13.3. The standard InChI is InChI=1S/C21H29N3O3S2/c1-3-23(4-2)11-12-24(18-10-13-29(26,27)16-18)21(25)19-15-28-20(22-19)14-17-8-6-5-7-9-17/h5-9,15,18H,3-4,10-14,16H2,1-2H3. The highest BCUT2D eigenvalue weighted by Crippen LogP contribution is 2.22. The zero-order chi connectivity index (χ0) is 20.9. The van der Waals surface area contributed by atoms with Crippen LogP contribution in [-0.4, -0.2) is 72.8 Å². The average Bonchev–Trinajstić information content (AvgIpc) is 3.32. The second-order valence-electron chi connectivity index (χ2n) is 7.37. The van der Waals surface area contributed by atoms with Crippen molar-refractivity contribution < 1.29 is 13.2 Å². The summed E-state index contributed by atoms with van der Waals surface area (Å²) < 4.78 is 24.0. The van der Waals surface area contributed by atoms with Crippen LogP contribution in [0.5, 0.6) is 0 Å². The largest absolute Gasteiger partial charge is 0.332 e. The number of carbonyl (C=O) groups is 1. The Kier molecular flexibility index (Phi) is 7.43. The van der Waals surface area contributed by atoms with E-state index in [-0.39, 0.29) is 23.5 Å². The molecule has 1 aliphatic rings. The molecule has 2 heterocycles. The lowest BCUT2D eigenvalue weighted by Gasteiger charge is -2.30. The van der Waals surface area contributed by atoms with Gasteiger partial charge in [-0.25, -0.2) is 13.4 Å². The summed E-state index contributed by atoms with van der Waals surface area (Å²) in [4.78, 5) is 21.8. The summed E-state index contributed by atoms with van der Waals surface area (Å²) in [7, 11) is -3.07. The van der Waals surface area contributed by atoms with Crippen LogP contribution < -0.4 is 0 Å². The molecule has 1 unspecified atom stereocenters. The van der Waals surface area contributed by atoms with Gasteiger partial charge in [-0.15, -0.1) is 11.3 Å². The molecule has 1 amide bonds. The Labute approximate surface area is 177 Å². The Bertz CT molecular complexity index is 908. The second-order valence-corrected chi connectivity index (χ2v) is 10.5. The van der Waals surface area contributed by atoms with E-state index in [9.17, 15) is 13.2 Å². The van der Waals surface area contributed by atoms with E-state index >= 15 is 0 Å². The Morgan fingerprint density at radius 3 is 2.52 bits per heavy atom. The fraction of sp³-hybridized carbons (Fsp3) is 0.524. The monoisotopic (exact) mass is 435 g/mol. The van der Waals surface area contributed by atoms with Crippen LogP contribution in [-0.2, 0) is 16.3 Å². The van der Waals surface area contributed by atoms with E-state index in [0.717, 1.165) is 30.2 Å². The van der Waals surface area contributed by atoms with Crippen molar-refractivity contribution >= 4 is 27.1 Å². The summed E-state index contributed by atoms with van der Waals surface area (Å²) in [6.07, 6.45) is 1.20. The Hall–Kier alpha value is -1.77. The van der Waals surface area contributed by atoms with E-state index in [1.165, 1.54) is 11.3 Å². The lowest BCUT2D eigenvalue weighted by Crippen LogP contribution is -2.45. The number of rotatable bonds is 9. The fourth-order valence-electron chi connectivity index (χ4n) is 3.67. The number of thiazole rings is 1. The van der Waals surface area contributed by atoms with Gasteiger partial charge >= 0.3 is 0 Å². The van der Waals surface area contributed by atoms with E-state index in [1.807, 2.05) is 30.3 Å². The fourth-order valence-corrected chi connectivity index (χ4v) is 6.20. The SMILES string of the molecule is CCN(CC)CCN(C(=O)c1csc(Cc2ccccc2)n1)C1CCS(=O)(=O)C1. The van der Waals surface area contributed by atoms with Crippen molar-refractivity contribution in [3.63, 3.8) is 0 Å². The van der Waals surface area contributed by atoms with Gasteiger partial charge < -0.3 is 9.80 Å². The summed E-state index contributed by atoms with van der Waals surface area (Å²) >= 11 is 1.48. The lowest BCUT2D eigenvalue weighted by atomic mass is 10.2. The van der Waals surface area contributed by atoms with E-state index in [1.54, 1.807) is 10.3 Å². The zero-order valence-electron chi connectivity index (χ0n) is 17.1. The predicted molar refractivity (Wildman–Crippen MR) is 117 cm³/mol. The minimum Gasteiger partial charge on any atom is -0.332 e. The summed E-state index contributed by atoms with van der Waals surface area (Å²) in [5.74, 6) is 0.0518. The Balaban J connectivity index is 1.75. The van der Waals surface area contributed by atoms with Gasteiger partial charge in [0.25, 0.3) is 5.91 Å². The number of benzene rings is 1. The van der Waals surface area contributed by atoms with Crippen LogP contribution in [0.4, 0.5) is 0 Å². The first-order valence-electron chi connectivity index (χ1n) is 10.1. The number of aromatic nitrogens is 1. The molecule has 0 radical (unpaired) electrons. The summed E-state index contributed by atoms with van der Waals surface area (Å²) in [5.41, 5.74) is 1.57. The van der Waals surface area contributed by atoms with E-state index in [2.05, 4.69) is 23.7 Å². The Morgan fingerprint density at radius 1 is 1.17 bits per heavy atom. The van der Waals surface area contributed by atoms with Crippen LogP contribution in [0.25, 0.3) is 0 Å². The third kappa shape index (κ3) is 5.87. The molecule has 1 saturated heterocycles. The van der Waals surface area contributed by atoms with Gasteiger partial charge in [-0.1, -0.05) is 44.2 Å². The van der Waals surface area contributed by atoms with Crippen molar-refractivity contribution in [2.24, 2.45) is 0 Å². The second kappa shape index (κ2) is 9.82. The van der Waals surface area contributed by atoms with Crippen LogP contribution in [0.2, 0.25) is 0 Å². The van der Waals surface area contributed by atoms with Crippen LogP contribution in [0.1, 0.15) is 41.3 Å². The van der Waals surface area contributed by atoms with Crippen LogP contribution in [0.3, 0.4) is 0 Å². The molecule has 3 rings (SSSR count). The number of amides is 1. The zero-order valence-corrected chi connectivity index (χ0v) is 18.7. The van der Waals surface area contributed by atoms with E-state index in [4.69, 9.17) is 0 Å². The molecular formula is C21H29N3O3S2. The molecule has 8 heteroatoms. The molecule has 2 aromatic rings. The first kappa shape index (κ1) is 21.9. The topological polar surface area (TPSA) is 70.6 Å². The van der Waals surface area contributed by atoms with Gasteiger partial charge in [0, 0.05) is 30.9 Å². The first-order chi connectivity index (χ1) is 13.9. The average molecular weight is 436 g/mol. The third-order valence-corrected chi connectivity index (χ3v) is 8.03. The number of likely N-dealkylation sites (N-methyl/N-ethyl adjacent to an activating group) is 1. The van der Waals surface area contributed by atoms with Gasteiger partial charge in [-0.3, -0.25) is 4.79 Å². The normalized spacial score (nSPS) is 18.2. The molecule has 158 valence electrons. The summed E-state index contributed by atoms with van der Waals surface area (Å²) in [6.45, 7) is 7.24. The maximum Gasteiger partial charge on any atom is 0.273 e. The number of hydrogen-bond acceptors (Lipinski definition) is 6. The summed E-state index contributed by atoms with van der Waals surface area (Å²) in [5, 5.41) is 2.69. The van der Waals surface area contributed by atoms with Crippen molar-refractivity contribution in [1.29, 1.82) is 0 Å². The van der Waals surface area contributed by atoms with Crippen molar-refractivity contribution in [1.82, 2.24) is 14.8 Å². The molecular weight excluding hydrogens is 406 g/mol. The van der Waals surface area contributed by atoms with Gasteiger partial charge in [0.15, 0.2) is 9.84 Å². The van der Waals surface area contributed by atoms with Gasteiger partial charge in [0.1, 0.15) is 5.69 Å². The smallest absolute Gasteiger partial charge is 0.273 e. The molecule has 1 aromatic heterocycles. The van der Waals surface area contributed by atoms with Gasteiger partial charge in [0.2, 0.25) is 0 Å². The van der Waals surface area contributed by atoms with Gasteiger partial charge in [-0.05, 0) is 25.1 Å². The minimum absolute atomic E-state index is 0.0536. The highest BCUT2D eigenvalue weighted by atomic mass is 32.2. The van der Waals surface area contributed by atoms with E-state index in [0.29, 0.717) is 25.1 Å². The van der Waals surface area contributed by atoms with Gasteiger partial charge in [-0.2, -0.15) is 0 Å². The quantitative estimate of drug-likeness (QED) is 0.606. The Morgan fingerprint density at radius 2 is 1.90 bits per heavy atom. The van der Waals surface area contributed by atoms with Gasteiger partial charge in [0.05, 0.1) is 16.5 Å². The molecule has 0 N–H and O–H groups in total. The number of carbonyl (C=O) groups excluding carboxylic acids is 1. The predicted octanol–water partition coefficient (Wildman–Crippen LogP) is 2.71. The van der Waals surface area contributed by atoms with Crippen LogP contribution >= 0.6 is 11.3 Å². The highest BCUT2D eigenvalue weighted by Gasteiger charge is 2.35. The molecule has 0 bridgehead atoms. The molecule has 1 atom stereocenters. The molecule has 1 fully saturated rings. The van der Waals surface area contributed by atoms with Crippen molar-refractivity contribution in [2.75, 3.05) is 37.7 Å². The third-order valence-electron chi connectivity index (χ3n) is 5.43. The molecule has 0 spiro atoms. The molecule has 1 aromatic carbocycles. The van der Waals surface area contributed by atoms with Crippen molar-refractivity contribution in [3.8, 4) is 0 Å². The number of nitrogens with zero attached hydrogens (tertiary/aromatic N) is 3. The molecule has 0 saturated carbocycles. The molecule has 1 aliphatic heterocycles. The van der Waals surface area contributed by atoms with E-state index < -0.39 is 9.84 Å². The van der Waals surface area contributed by atoms with Crippen molar-refractivity contribution in [2.45, 2.75) is 32.7 Å².